The number of amides is 1. The van der Waals surface area contributed by atoms with Crippen molar-refractivity contribution in [3.05, 3.63) is 41.0 Å². The molecule has 0 aliphatic rings. The third kappa shape index (κ3) is 3.76. The van der Waals surface area contributed by atoms with Crippen molar-refractivity contribution >= 4 is 29.7 Å². The van der Waals surface area contributed by atoms with Gasteiger partial charge in [0.05, 0.1) is 10.4 Å². The molecule has 0 radical (unpaired) electrons. The van der Waals surface area contributed by atoms with Gasteiger partial charge in [-0.25, -0.2) is 4.98 Å². The molecule has 0 saturated heterocycles. The highest BCUT2D eigenvalue weighted by molar-refractivity contribution is 7.13. The Morgan fingerprint density at radius 3 is 2.95 bits per heavy atom. The van der Waals surface area contributed by atoms with Gasteiger partial charge in [0.1, 0.15) is 5.69 Å². The van der Waals surface area contributed by atoms with Crippen molar-refractivity contribution < 1.29 is 4.79 Å². The molecular weight excluding hydrogens is 282 g/mol. The molecular formula is C13H16ClN3OS. The lowest BCUT2D eigenvalue weighted by Gasteiger charge is -2.04. The molecule has 2 aromatic rings. The molecule has 1 amide bonds. The molecule has 3 N–H and O–H groups in total. The summed E-state index contributed by atoms with van der Waals surface area (Å²) in [6.45, 7) is 2.91. The fraction of sp³-hybridized carbons (Fsp3) is 0.231. The Morgan fingerprint density at radius 1 is 1.47 bits per heavy atom. The zero-order valence-electron chi connectivity index (χ0n) is 10.6. The molecule has 1 heterocycles. The van der Waals surface area contributed by atoms with E-state index in [1.54, 1.807) is 5.51 Å². The van der Waals surface area contributed by atoms with Crippen molar-refractivity contribution in [3.8, 4) is 10.4 Å². The van der Waals surface area contributed by atoms with Crippen molar-refractivity contribution in [2.24, 2.45) is 5.73 Å². The number of rotatable bonds is 4. The Labute approximate surface area is 122 Å². The minimum atomic E-state index is -0.168. The van der Waals surface area contributed by atoms with Crippen molar-refractivity contribution in [2.45, 2.75) is 6.92 Å². The predicted molar refractivity (Wildman–Crippen MR) is 80.9 cm³/mol. The van der Waals surface area contributed by atoms with E-state index in [9.17, 15) is 4.79 Å². The van der Waals surface area contributed by atoms with Crippen LogP contribution in [0.4, 0.5) is 0 Å². The first-order chi connectivity index (χ1) is 8.72. The minimum absolute atomic E-state index is 0. The average Bonchev–Trinajstić information content (AvgIpc) is 2.85. The molecule has 1 aromatic carbocycles. The molecule has 0 saturated carbocycles. The summed E-state index contributed by atoms with van der Waals surface area (Å²) in [5.74, 6) is -0.168. The van der Waals surface area contributed by atoms with Gasteiger partial charge in [-0.15, -0.1) is 23.7 Å². The van der Waals surface area contributed by atoms with Crippen LogP contribution in [0, 0.1) is 6.92 Å². The lowest BCUT2D eigenvalue weighted by Crippen LogP contribution is -2.29. The number of nitrogens with one attached hydrogen (secondary N) is 1. The van der Waals surface area contributed by atoms with Gasteiger partial charge in [-0.2, -0.15) is 0 Å². The first kappa shape index (κ1) is 15.6. The highest BCUT2D eigenvalue weighted by Crippen LogP contribution is 2.28. The average molecular weight is 298 g/mol. The van der Waals surface area contributed by atoms with Crippen molar-refractivity contribution in [3.63, 3.8) is 0 Å². The number of carbonyl (C=O) groups is 1. The summed E-state index contributed by atoms with van der Waals surface area (Å²) in [5, 5.41) is 2.74. The van der Waals surface area contributed by atoms with Gasteiger partial charge in [-0.05, 0) is 12.5 Å². The summed E-state index contributed by atoms with van der Waals surface area (Å²) >= 11 is 1.47. The normalized spacial score (nSPS) is 9.79. The third-order valence-corrected chi connectivity index (χ3v) is 3.37. The van der Waals surface area contributed by atoms with E-state index in [0.717, 1.165) is 16.0 Å². The molecule has 1 aromatic heterocycles. The van der Waals surface area contributed by atoms with E-state index < -0.39 is 0 Å². The number of carbonyl (C=O) groups excluding carboxylic acids is 1. The zero-order valence-corrected chi connectivity index (χ0v) is 12.2. The van der Waals surface area contributed by atoms with Crippen LogP contribution in [0.25, 0.3) is 10.4 Å². The number of nitrogens with zero attached hydrogens (tertiary/aromatic N) is 1. The van der Waals surface area contributed by atoms with Crippen molar-refractivity contribution in [1.82, 2.24) is 10.3 Å². The van der Waals surface area contributed by atoms with Gasteiger partial charge in [0.2, 0.25) is 0 Å². The highest BCUT2D eigenvalue weighted by atomic mass is 35.5. The van der Waals surface area contributed by atoms with E-state index in [2.05, 4.69) is 10.3 Å². The fourth-order valence-corrected chi connectivity index (χ4v) is 2.45. The second-order valence-corrected chi connectivity index (χ2v) is 4.80. The summed E-state index contributed by atoms with van der Waals surface area (Å²) < 4.78 is 0. The van der Waals surface area contributed by atoms with Crippen LogP contribution in [0.15, 0.2) is 29.8 Å². The summed E-state index contributed by atoms with van der Waals surface area (Å²) in [6, 6.07) is 8.04. The van der Waals surface area contributed by atoms with Gasteiger partial charge < -0.3 is 11.1 Å². The number of halogens is 1. The van der Waals surface area contributed by atoms with Crippen LogP contribution in [0.3, 0.4) is 0 Å². The standard InChI is InChI=1S/C13H15N3OS.ClH/c1-9-3-2-4-10(7-9)12-11(16-8-18-12)13(17)15-6-5-14;/h2-4,7-8H,5-6,14H2,1H3,(H,15,17);1H. The summed E-state index contributed by atoms with van der Waals surface area (Å²) in [5.41, 5.74) is 9.71. The van der Waals surface area contributed by atoms with Gasteiger partial charge in [-0.1, -0.05) is 29.8 Å². The van der Waals surface area contributed by atoms with Crippen molar-refractivity contribution in [1.29, 1.82) is 0 Å². The summed E-state index contributed by atoms with van der Waals surface area (Å²) in [4.78, 5) is 17.0. The Hall–Kier alpha value is -1.43. The van der Waals surface area contributed by atoms with Crippen LogP contribution in [0.5, 0.6) is 0 Å². The van der Waals surface area contributed by atoms with E-state index in [-0.39, 0.29) is 18.3 Å². The smallest absolute Gasteiger partial charge is 0.271 e. The molecule has 19 heavy (non-hydrogen) atoms. The quantitative estimate of drug-likeness (QED) is 0.909. The molecule has 2 rings (SSSR count). The monoisotopic (exact) mass is 297 g/mol. The fourth-order valence-electron chi connectivity index (χ4n) is 1.67. The summed E-state index contributed by atoms with van der Waals surface area (Å²) in [7, 11) is 0. The Balaban J connectivity index is 0.00000180. The van der Waals surface area contributed by atoms with Gasteiger partial charge in [0, 0.05) is 13.1 Å². The molecule has 4 nitrogen and oxygen atoms in total. The molecule has 0 spiro atoms. The summed E-state index contributed by atoms with van der Waals surface area (Å²) in [6.07, 6.45) is 0. The number of aromatic nitrogens is 1. The van der Waals surface area contributed by atoms with Gasteiger partial charge in [0.15, 0.2) is 0 Å². The molecule has 0 bridgehead atoms. The van der Waals surface area contributed by atoms with Crippen LogP contribution in [0.2, 0.25) is 0 Å². The molecule has 0 aliphatic heterocycles. The first-order valence-electron chi connectivity index (χ1n) is 5.71. The number of hydrogen-bond donors (Lipinski definition) is 2. The van der Waals surface area contributed by atoms with E-state index in [0.29, 0.717) is 18.8 Å². The van der Waals surface area contributed by atoms with Gasteiger partial charge in [0.25, 0.3) is 5.91 Å². The number of aryl methyl sites for hydroxylation is 1. The van der Waals surface area contributed by atoms with Crippen molar-refractivity contribution in [2.75, 3.05) is 13.1 Å². The maximum absolute atomic E-state index is 11.9. The van der Waals surface area contributed by atoms with Gasteiger partial charge in [-0.3, -0.25) is 4.79 Å². The molecule has 0 unspecified atom stereocenters. The molecule has 102 valence electrons. The second-order valence-electron chi connectivity index (χ2n) is 3.94. The SMILES string of the molecule is Cc1cccc(-c2scnc2C(=O)NCCN)c1.Cl. The number of hydrogen-bond acceptors (Lipinski definition) is 4. The molecule has 0 aliphatic carbocycles. The van der Waals surface area contributed by atoms with E-state index in [1.165, 1.54) is 11.3 Å². The van der Waals surface area contributed by atoms with E-state index >= 15 is 0 Å². The Morgan fingerprint density at radius 2 is 2.26 bits per heavy atom. The molecule has 0 fully saturated rings. The maximum Gasteiger partial charge on any atom is 0.271 e. The molecule has 6 heteroatoms. The first-order valence-corrected chi connectivity index (χ1v) is 6.59. The van der Waals surface area contributed by atoms with E-state index in [4.69, 9.17) is 5.73 Å². The second kappa shape index (κ2) is 7.23. The largest absolute Gasteiger partial charge is 0.349 e. The lowest BCUT2D eigenvalue weighted by molar-refractivity contribution is 0.0951. The third-order valence-electron chi connectivity index (χ3n) is 2.49. The van der Waals surface area contributed by atoms with Crippen LogP contribution in [-0.4, -0.2) is 24.0 Å². The zero-order chi connectivity index (χ0) is 13.0. The molecule has 0 atom stereocenters. The topological polar surface area (TPSA) is 68.0 Å². The van der Waals surface area contributed by atoms with Crippen LogP contribution in [-0.2, 0) is 0 Å². The lowest BCUT2D eigenvalue weighted by atomic mass is 10.1. The number of thiazole rings is 1. The Kier molecular flexibility index (Phi) is 5.95. The number of nitrogens with two attached hydrogens (primary N) is 1. The van der Waals surface area contributed by atoms with Crippen LogP contribution >= 0.6 is 23.7 Å². The van der Waals surface area contributed by atoms with Crippen LogP contribution < -0.4 is 11.1 Å². The maximum atomic E-state index is 11.9. The Bertz CT molecular complexity index is 556. The minimum Gasteiger partial charge on any atom is -0.349 e. The van der Waals surface area contributed by atoms with Gasteiger partial charge >= 0.3 is 0 Å². The predicted octanol–water partition coefficient (Wildman–Crippen LogP) is 2.23. The van der Waals surface area contributed by atoms with E-state index in [1.807, 2.05) is 31.2 Å². The number of benzene rings is 1. The van der Waals surface area contributed by atoms with Crippen LogP contribution in [0.1, 0.15) is 16.1 Å². The highest BCUT2D eigenvalue weighted by Gasteiger charge is 2.15.